The first kappa shape index (κ1) is 23.6. The number of ether oxygens (including phenoxy) is 1. The molecule has 1 amide bonds. The molecule has 3 nitrogen and oxygen atoms in total. The van der Waals surface area contributed by atoms with E-state index in [4.69, 9.17) is 51.8 Å². The smallest absolute Gasteiger partial charge is 0.270 e. The van der Waals surface area contributed by atoms with Gasteiger partial charge in [-0.15, -0.1) is 0 Å². The maximum Gasteiger partial charge on any atom is 0.270 e. The molecular formula is C23H13BrCl3NO2S2. The summed E-state index contributed by atoms with van der Waals surface area (Å²) in [5.41, 5.74) is 2.21. The van der Waals surface area contributed by atoms with Crippen LogP contribution < -0.4 is 9.64 Å². The van der Waals surface area contributed by atoms with Crippen LogP contribution in [0.5, 0.6) is 5.75 Å². The number of hydrogen-bond acceptors (Lipinski definition) is 4. The summed E-state index contributed by atoms with van der Waals surface area (Å²) in [5.74, 6) is 0.352. The molecule has 1 heterocycles. The van der Waals surface area contributed by atoms with E-state index in [1.54, 1.807) is 48.5 Å². The molecule has 3 aromatic carbocycles. The summed E-state index contributed by atoms with van der Waals surface area (Å²) in [6, 6.07) is 17.9. The summed E-state index contributed by atoms with van der Waals surface area (Å²) in [7, 11) is 0. The van der Waals surface area contributed by atoms with Crippen LogP contribution in [0, 0.1) is 0 Å². The number of carbonyl (C=O) groups is 1. The zero-order valence-corrected chi connectivity index (χ0v) is 21.6. The Morgan fingerprint density at radius 3 is 2.56 bits per heavy atom. The van der Waals surface area contributed by atoms with E-state index in [0.29, 0.717) is 47.9 Å². The van der Waals surface area contributed by atoms with Crippen LogP contribution in [0.1, 0.15) is 11.1 Å². The third-order valence-electron chi connectivity index (χ3n) is 4.50. The molecule has 0 radical (unpaired) electrons. The molecule has 1 saturated heterocycles. The Hall–Kier alpha value is -1.54. The Kier molecular flexibility index (Phi) is 7.50. The van der Waals surface area contributed by atoms with Gasteiger partial charge in [0.15, 0.2) is 4.32 Å². The molecule has 32 heavy (non-hydrogen) atoms. The van der Waals surface area contributed by atoms with Gasteiger partial charge in [0, 0.05) is 20.1 Å². The van der Waals surface area contributed by atoms with E-state index >= 15 is 0 Å². The molecule has 1 aliphatic rings. The zero-order valence-electron chi connectivity index (χ0n) is 16.2. The number of thiocarbonyl (C=S) groups is 1. The largest absolute Gasteiger partial charge is 0.488 e. The van der Waals surface area contributed by atoms with E-state index in [1.807, 2.05) is 18.2 Å². The number of benzene rings is 3. The molecule has 162 valence electrons. The van der Waals surface area contributed by atoms with E-state index in [2.05, 4.69) is 15.9 Å². The van der Waals surface area contributed by atoms with Crippen molar-refractivity contribution in [2.45, 2.75) is 6.61 Å². The molecule has 0 aliphatic carbocycles. The lowest BCUT2D eigenvalue weighted by Gasteiger charge is -2.15. The van der Waals surface area contributed by atoms with Gasteiger partial charge in [-0.05, 0) is 76.1 Å². The summed E-state index contributed by atoms with van der Waals surface area (Å²) in [4.78, 5) is 15.1. The Labute approximate surface area is 218 Å². The fourth-order valence-electron chi connectivity index (χ4n) is 3.01. The van der Waals surface area contributed by atoms with Gasteiger partial charge in [-0.2, -0.15) is 0 Å². The highest BCUT2D eigenvalue weighted by Gasteiger charge is 2.33. The number of hydrogen-bond donors (Lipinski definition) is 0. The third-order valence-corrected chi connectivity index (χ3v) is 7.50. The maximum absolute atomic E-state index is 13.1. The van der Waals surface area contributed by atoms with Gasteiger partial charge >= 0.3 is 0 Å². The van der Waals surface area contributed by atoms with E-state index in [1.165, 1.54) is 16.7 Å². The molecule has 0 unspecified atom stereocenters. The van der Waals surface area contributed by atoms with E-state index in [9.17, 15) is 4.79 Å². The molecule has 0 aromatic heterocycles. The van der Waals surface area contributed by atoms with Crippen molar-refractivity contribution in [1.29, 1.82) is 0 Å². The van der Waals surface area contributed by atoms with E-state index in [0.717, 1.165) is 10.0 Å². The molecular weight excluding hydrogens is 573 g/mol. The van der Waals surface area contributed by atoms with Gasteiger partial charge in [-0.3, -0.25) is 9.69 Å². The SMILES string of the molecule is O=C1/C(=C\c2cc(Cl)ccc2OCc2cccc(Cl)c2)SC(=S)N1c1ccc(Br)c(Cl)c1. The Balaban J connectivity index is 1.61. The number of carbonyl (C=O) groups excluding carboxylic acids is 1. The second-order valence-electron chi connectivity index (χ2n) is 6.72. The number of halogens is 4. The van der Waals surface area contributed by atoms with Crippen LogP contribution in [-0.2, 0) is 11.4 Å². The minimum Gasteiger partial charge on any atom is -0.488 e. The van der Waals surface area contributed by atoms with Crippen molar-refractivity contribution in [3.8, 4) is 5.75 Å². The zero-order chi connectivity index (χ0) is 22.8. The second kappa shape index (κ2) is 10.2. The highest BCUT2D eigenvalue weighted by atomic mass is 79.9. The van der Waals surface area contributed by atoms with Gasteiger partial charge in [0.2, 0.25) is 0 Å². The monoisotopic (exact) mass is 583 g/mol. The fourth-order valence-corrected chi connectivity index (χ4v) is 5.11. The van der Waals surface area contributed by atoms with Gasteiger partial charge < -0.3 is 4.74 Å². The van der Waals surface area contributed by atoms with Crippen molar-refractivity contribution >= 4 is 96.7 Å². The summed E-state index contributed by atoms with van der Waals surface area (Å²) in [5, 5.41) is 1.66. The predicted molar refractivity (Wildman–Crippen MR) is 142 cm³/mol. The Bertz CT molecular complexity index is 1270. The number of rotatable bonds is 5. The van der Waals surface area contributed by atoms with Gasteiger partial charge in [0.1, 0.15) is 12.4 Å². The molecule has 0 spiro atoms. The van der Waals surface area contributed by atoms with Gasteiger partial charge in [-0.1, -0.05) is 70.9 Å². The van der Waals surface area contributed by atoms with Crippen molar-refractivity contribution in [3.05, 3.63) is 96.2 Å². The first-order valence-electron chi connectivity index (χ1n) is 9.21. The molecule has 9 heteroatoms. The van der Waals surface area contributed by atoms with Crippen molar-refractivity contribution in [3.63, 3.8) is 0 Å². The lowest BCUT2D eigenvalue weighted by atomic mass is 10.1. The molecule has 1 fully saturated rings. The van der Waals surface area contributed by atoms with Crippen LogP contribution in [0.25, 0.3) is 6.08 Å². The number of amides is 1. The van der Waals surface area contributed by atoms with Gasteiger partial charge in [0.25, 0.3) is 5.91 Å². The molecule has 3 aromatic rings. The maximum atomic E-state index is 13.1. The first-order valence-corrected chi connectivity index (χ1v) is 12.4. The van der Waals surface area contributed by atoms with Crippen molar-refractivity contribution in [2.75, 3.05) is 4.90 Å². The van der Waals surface area contributed by atoms with Crippen molar-refractivity contribution in [1.82, 2.24) is 0 Å². The molecule has 0 saturated carbocycles. The Morgan fingerprint density at radius 2 is 1.81 bits per heavy atom. The van der Waals surface area contributed by atoms with Crippen LogP contribution >= 0.6 is 74.7 Å². The van der Waals surface area contributed by atoms with Gasteiger partial charge in [-0.25, -0.2) is 0 Å². The third kappa shape index (κ3) is 5.33. The van der Waals surface area contributed by atoms with Crippen LogP contribution in [-0.4, -0.2) is 10.2 Å². The van der Waals surface area contributed by atoms with Crippen LogP contribution in [0.15, 0.2) is 70.0 Å². The summed E-state index contributed by atoms with van der Waals surface area (Å²) in [6.07, 6.45) is 1.74. The summed E-state index contributed by atoms with van der Waals surface area (Å²) in [6.45, 7) is 0.321. The molecule has 0 N–H and O–H groups in total. The summed E-state index contributed by atoms with van der Waals surface area (Å²) < 4.78 is 7.15. The van der Waals surface area contributed by atoms with Crippen molar-refractivity contribution in [2.24, 2.45) is 0 Å². The van der Waals surface area contributed by atoms with Crippen LogP contribution in [0.3, 0.4) is 0 Å². The minimum absolute atomic E-state index is 0.237. The standard InChI is InChI=1S/C23H13BrCl3NO2S2/c24-18-6-5-17(11-19(18)27)28-22(29)21(32-23(28)31)10-14-9-16(26)4-7-20(14)30-12-13-2-1-3-15(25)8-13/h1-11H,12H2/b21-10+. The topological polar surface area (TPSA) is 29.5 Å². The van der Waals surface area contributed by atoms with Gasteiger partial charge in [0.05, 0.1) is 15.6 Å². The highest BCUT2D eigenvalue weighted by Crippen LogP contribution is 2.39. The quantitative estimate of drug-likeness (QED) is 0.222. The van der Waals surface area contributed by atoms with E-state index < -0.39 is 0 Å². The number of nitrogens with zero attached hydrogens (tertiary/aromatic N) is 1. The van der Waals surface area contributed by atoms with E-state index in [-0.39, 0.29) is 5.91 Å². The average Bonchev–Trinajstić information content (AvgIpc) is 3.02. The summed E-state index contributed by atoms with van der Waals surface area (Å²) >= 11 is 28.5. The normalized spacial score (nSPS) is 15.0. The van der Waals surface area contributed by atoms with Crippen LogP contribution in [0.2, 0.25) is 15.1 Å². The second-order valence-corrected chi connectivity index (χ2v) is 10.5. The number of anilines is 1. The first-order chi connectivity index (χ1) is 15.3. The molecule has 1 aliphatic heterocycles. The Morgan fingerprint density at radius 1 is 1.03 bits per heavy atom. The fraction of sp³-hybridized carbons (Fsp3) is 0.0435. The molecule has 0 atom stereocenters. The van der Waals surface area contributed by atoms with Crippen LogP contribution in [0.4, 0.5) is 5.69 Å². The lowest BCUT2D eigenvalue weighted by molar-refractivity contribution is -0.113. The molecule has 4 rings (SSSR count). The lowest BCUT2D eigenvalue weighted by Crippen LogP contribution is -2.27. The predicted octanol–water partition coefficient (Wildman–Crippen LogP) is 8.39. The molecule has 0 bridgehead atoms. The number of thioether (sulfide) groups is 1. The van der Waals surface area contributed by atoms with Crippen molar-refractivity contribution < 1.29 is 9.53 Å². The average molecular weight is 586 g/mol. The minimum atomic E-state index is -0.237. The highest BCUT2D eigenvalue weighted by molar-refractivity contribution is 9.10.